The summed E-state index contributed by atoms with van der Waals surface area (Å²) in [6, 6.07) is 2.27. The van der Waals surface area contributed by atoms with Crippen molar-refractivity contribution >= 4 is 17.3 Å². The second-order valence-electron chi connectivity index (χ2n) is 3.56. The molecule has 0 aliphatic rings. The third kappa shape index (κ3) is 2.88. The largest absolute Gasteiger partial charge is 0.494 e. The molecule has 0 radical (unpaired) electrons. The van der Waals surface area contributed by atoms with Crippen LogP contribution in [0.15, 0.2) is 12.1 Å². The molecule has 0 aromatic heterocycles. The molecule has 0 heterocycles. The van der Waals surface area contributed by atoms with E-state index in [0.717, 1.165) is 12.5 Å². The Morgan fingerprint density at radius 1 is 1.56 bits per heavy atom. The van der Waals surface area contributed by atoms with Gasteiger partial charge in [-0.25, -0.2) is 4.79 Å². The van der Waals surface area contributed by atoms with Gasteiger partial charge in [-0.2, -0.15) is 0 Å². The number of nitrogens with zero attached hydrogens (tertiary/aromatic N) is 1. The van der Waals surface area contributed by atoms with Gasteiger partial charge in [0.2, 0.25) is 0 Å². The zero-order valence-corrected chi connectivity index (χ0v) is 10.1. The van der Waals surface area contributed by atoms with Crippen LogP contribution in [0.2, 0.25) is 0 Å². The number of aromatic carboxylic acids is 1. The molecule has 18 heavy (non-hydrogen) atoms. The van der Waals surface area contributed by atoms with E-state index in [0.29, 0.717) is 6.54 Å². The predicted octanol–water partition coefficient (Wildman–Crippen LogP) is 2.12. The summed E-state index contributed by atoms with van der Waals surface area (Å²) in [4.78, 5) is 21.2. The van der Waals surface area contributed by atoms with Gasteiger partial charge in [0.1, 0.15) is 5.75 Å². The first kappa shape index (κ1) is 13.8. The molecule has 0 bridgehead atoms. The average Bonchev–Trinajstić information content (AvgIpc) is 2.34. The number of carbonyl (C=O) groups is 1. The summed E-state index contributed by atoms with van der Waals surface area (Å²) in [5.41, 5.74) is -0.282. The van der Waals surface area contributed by atoms with Gasteiger partial charge in [0.15, 0.2) is 5.69 Å². The number of benzene rings is 1. The number of carboxylic acids is 1. The molecular formula is C11H14N2O5. The fraction of sp³-hybridized carbons (Fsp3) is 0.364. The molecule has 1 rings (SSSR count). The monoisotopic (exact) mass is 254 g/mol. The van der Waals surface area contributed by atoms with Crippen LogP contribution in [-0.2, 0) is 0 Å². The van der Waals surface area contributed by atoms with E-state index < -0.39 is 10.9 Å². The number of hydrogen-bond donors (Lipinski definition) is 2. The summed E-state index contributed by atoms with van der Waals surface area (Å²) in [6.45, 7) is 2.44. The number of rotatable bonds is 6. The minimum atomic E-state index is -1.24. The van der Waals surface area contributed by atoms with Crippen LogP contribution in [-0.4, -0.2) is 29.7 Å². The van der Waals surface area contributed by atoms with Gasteiger partial charge in [0.05, 0.1) is 17.6 Å². The second kappa shape index (κ2) is 5.85. The predicted molar refractivity (Wildman–Crippen MR) is 65.4 cm³/mol. The van der Waals surface area contributed by atoms with Crippen molar-refractivity contribution in [1.29, 1.82) is 0 Å². The van der Waals surface area contributed by atoms with Crippen LogP contribution >= 0.6 is 0 Å². The van der Waals surface area contributed by atoms with E-state index in [1.54, 1.807) is 0 Å². The Bertz CT molecular complexity index is 473. The quantitative estimate of drug-likeness (QED) is 0.595. The van der Waals surface area contributed by atoms with E-state index in [4.69, 9.17) is 9.84 Å². The lowest BCUT2D eigenvalue weighted by Crippen LogP contribution is -2.07. The van der Waals surface area contributed by atoms with Gasteiger partial charge in [-0.1, -0.05) is 6.92 Å². The molecule has 0 aliphatic carbocycles. The van der Waals surface area contributed by atoms with Gasteiger partial charge in [0.25, 0.3) is 5.69 Å². The molecule has 0 saturated carbocycles. The maximum atomic E-state index is 10.9. The van der Waals surface area contributed by atoms with Gasteiger partial charge in [-0.05, 0) is 12.5 Å². The van der Waals surface area contributed by atoms with Crippen molar-refractivity contribution in [1.82, 2.24) is 0 Å². The van der Waals surface area contributed by atoms with Crippen LogP contribution in [0, 0.1) is 10.1 Å². The standard InChI is InChI=1S/C11H14N2O5/c1-3-4-12-10-8(13(16)17)5-7(11(14)15)6-9(10)18-2/h5-6,12H,3-4H2,1-2H3,(H,14,15). The second-order valence-corrected chi connectivity index (χ2v) is 3.56. The molecule has 1 aromatic carbocycles. The zero-order chi connectivity index (χ0) is 13.7. The summed E-state index contributed by atoms with van der Waals surface area (Å²) >= 11 is 0. The maximum Gasteiger partial charge on any atom is 0.336 e. The molecular weight excluding hydrogens is 240 g/mol. The molecule has 0 atom stereocenters. The van der Waals surface area contributed by atoms with Crippen molar-refractivity contribution in [3.63, 3.8) is 0 Å². The molecule has 0 aliphatic heterocycles. The number of hydrogen-bond acceptors (Lipinski definition) is 5. The Morgan fingerprint density at radius 3 is 2.67 bits per heavy atom. The van der Waals surface area contributed by atoms with E-state index in [2.05, 4.69) is 5.32 Å². The average molecular weight is 254 g/mol. The molecule has 0 amide bonds. The third-order valence-corrected chi connectivity index (χ3v) is 2.30. The third-order valence-electron chi connectivity index (χ3n) is 2.30. The number of carboxylic acid groups (broad SMARTS) is 1. The Morgan fingerprint density at radius 2 is 2.22 bits per heavy atom. The Labute approximate surface area is 104 Å². The summed E-state index contributed by atoms with van der Waals surface area (Å²) in [6.07, 6.45) is 0.779. The van der Waals surface area contributed by atoms with Crippen LogP contribution in [0.1, 0.15) is 23.7 Å². The fourth-order valence-corrected chi connectivity index (χ4v) is 1.46. The van der Waals surface area contributed by atoms with Gasteiger partial charge in [0, 0.05) is 12.6 Å². The summed E-state index contributed by atoms with van der Waals surface area (Å²) < 4.78 is 4.99. The molecule has 7 nitrogen and oxygen atoms in total. The molecule has 0 spiro atoms. The SMILES string of the molecule is CCCNc1c(OC)cc(C(=O)O)cc1[N+](=O)[O-]. The Kier molecular flexibility index (Phi) is 4.47. The van der Waals surface area contributed by atoms with E-state index >= 15 is 0 Å². The minimum Gasteiger partial charge on any atom is -0.494 e. The molecule has 0 fully saturated rings. The first-order valence-electron chi connectivity index (χ1n) is 5.34. The highest BCUT2D eigenvalue weighted by molar-refractivity contribution is 5.91. The van der Waals surface area contributed by atoms with E-state index in [-0.39, 0.29) is 22.7 Å². The number of nitro benzene ring substituents is 1. The van der Waals surface area contributed by atoms with Crippen molar-refractivity contribution in [3.8, 4) is 5.75 Å². The zero-order valence-electron chi connectivity index (χ0n) is 10.1. The highest BCUT2D eigenvalue weighted by Crippen LogP contribution is 2.35. The number of anilines is 1. The van der Waals surface area contributed by atoms with E-state index in [1.807, 2.05) is 6.92 Å². The number of ether oxygens (including phenoxy) is 1. The van der Waals surface area contributed by atoms with Crippen LogP contribution in [0.5, 0.6) is 5.75 Å². The van der Waals surface area contributed by atoms with E-state index in [9.17, 15) is 14.9 Å². The number of nitrogens with one attached hydrogen (secondary N) is 1. The number of methoxy groups -OCH3 is 1. The number of nitro groups is 1. The molecule has 0 unspecified atom stereocenters. The van der Waals surface area contributed by atoms with Crippen molar-refractivity contribution in [2.24, 2.45) is 0 Å². The van der Waals surface area contributed by atoms with Gasteiger partial charge >= 0.3 is 5.97 Å². The normalized spacial score (nSPS) is 9.89. The Hall–Kier alpha value is -2.31. The minimum absolute atomic E-state index is 0.148. The molecule has 2 N–H and O–H groups in total. The summed E-state index contributed by atoms with van der Waals surface area (Å²) in [5, 5.41) is 22.7. The summed E-state index contributed by atoms with van der Waals surface area (Å²) in [5.74, 6) is -1.09. The fourth-order valence-electron chi connectivity index (χ4n) is 1.46. The van der Waals surface area contributed by atoms with Crippen molar-refractivity contribution in [2.75, 3.05) is 19.0 Å². The molecule has 0 saturated heterocycles. The van der Waals surface area contributed by atoms with Crippen molar-refractivity contribution < 1.29 is 19.6 Å². The van der Waals surface area contributed by atoms with Crippen LogP contribution < -0.4 is 10.1 Å². The van der Waals surface area contributed by atoms with Gasteiger partial charge in [-0.3, -0.25) is 10.1 Å². The first-order valence-corrected chi connectivity index (χ1v) is 5.34. The molecule has 7 heteroatoms. The van der Waals surface area contributed by atoms with Gasteiger partial charge < -0.3 is 15.2 Å². The Balaban J connectivity index is 3.36. The van der Waals surface area contributed by atoms with E-state index in [1.165, 1.54) is 13.2 Å². The lowest BCUT2D eigenvalue weighted by molar-refractivity contribution is -0.384. The van der Waals surface area contributed by atoms with Crippen LogP contribution in [0.25, 0.3) is 0 Å². The van der Waals surface area contributed by atoms with Crippen molar-refractivity contribution in [3.05, 3.63) is 27.8 Å². The summed E-state index contributed by atoms with van der Waals surface area (Å²) in [7, 11) is 1.34. The lowest BCUT2D eigenvalue weighted by atomic mass is 10.1. The highest BCUT2D eigenvalue weighted by atomic mass is 16.6. The molecule has 98 valence electrons. The first-order chi connectivity index (χ1) is 8.51. The smallest absolute Gasteiger partial charge is 0.336 e. The topological polar surface area (TPSA) is 102 Å². The van der Waals surface area contributed by atoms with Crippen LogP contribution in [0.3, 0.4) is 0 Å². The molecule has 1 aromatic rings. The maximum absolute atomic E-state index is 10.9. The lowest BCUT2D eigenvalue weighted by Gasteiger charge is -2.11. The van der Waals surface area contributed by atoms with Gasteiger partial charge in [-0.15, -0.1) is 0 Å². The highest BCUT2D eigenvalue weighted by Gasteiger charge is 2.22. The van der Waals surface area contributed by atoms with Crippen molar-refractivity contribution in [2.45, 2.75) is 13.3 Å². The van der Waals surface area contributed by atoms with Crippen LogP contribution in [0.4, 0.5) is 11.4 Å².